The molecule has 8 heteroatoms. The lowest BCUT2D eigenvalue weighted by atomic mass is 10.0. The largest absolute Gasteiger partial charge is 0.504 e. The maximum atomic E-state index is 13.2. The van der Waals surface area contributed by atoms with Crippen molar-refractivity contribution in [1.29, 1.82) is 0 Å². The summed E-state index contributed by atoms with van der Waals surface area (Å²) in [6.45, 7) is 5.94. The van der Waals surface area contributed by atoms with Crippen molar-refractivity contribution < 1.29 is 19.4 Å². The molecule has 0 bridgehead atoms. The smallest absolute Gasteiger partial charge is 0.270 e. The second-order valence-corrected chi connectivity index (χ2v) is 7.76. The number of carbonyl (C=O) groups excluding carboxylic acids is 2. The zero-order valence-corrected chi connectivity index (χ0v) is 18.5. The van der Waals surface area contributed by atoms with Gasteiger partial charge in [-0.15, -0.1) is 0 Å². The third-order valence-electron chi connectivity index (χ3n) is 4.39. The number of thiocarbonyl (C=S) groups is 1. The number of rotatable bonds is 4. The van der Waals surface area contributed by atoms with Gasteiger partial charge in [0.05, 0.1) is 12.3 Å². The Morgan fingerprint density at radius 2 is 1.97 bits per heavy atom. The summed E-state index contributed by atoms with van der Waals surface area (Å²) in [7, 11) is 0. The lowest BCUT2D eigenvalue weighted by Gasteiger charge is -2.30. The number of phenols is 1. The molecular formula is C21H19BrN2O4S. The molecule has 0 saturated carbocycles. The molecular weight excluding hydrogens is 456 g/mol. The highest BCUT2D eigenvalue weighted by Gasteiger charge is 2.35. The highest BCUT2D eigenvalue weighted by atomic mass is 79.9. The Hall–Kier alpha value is -2.71. The van der Waals surface area contributed by atoms with Gasteiger partial charge in [0, 0.05) is 4.47 Å². The monoisotopic (exact) mass is 474 g/mol. The molecule has 2 N–H and O–H groups in total. The van der Waals surface area contributed by atoms with E-state index in [1.54, 1.807) is 13.0 Å². The van der Waals surface area contributed by atoms with E-state index in [2.05, 4.69) is 21.2 Å². The van der Waals surface area contributed by atoms with Crippen LogP contribution in [0.2, 0.25) is 0 Å². The van der Waals surface area contributed by atoms with Crippen LogP contribution in [0.3, 0.4) is 0 Å². The Labute approximate surface area is 182 Å². The van der Waals surface area contributed by atoms with E-state index in [1.165, 1.54) is 17.0 Å². The van der Waals surface area contributed by atoms with Crippen LogP contribution < -0.4 is 15.0 Å². The summed E-state index contributed by atoms with van der Waals surface area (Å²) >= 11 is 8.62. The van der Waals surface area contributed by atoms with Crippen LogP contribution in [0, 0.1) is 13.8 Å². The van der Waals surface area contributed by atoms with Gasteiger partial charge in [-0.3, -0.25) is 19.8 Å². The summed E-state index contributed by atoms with van der Waals surface area (Å²) in [4.78, 5) is 27.1. The molecule has 2 aromatic rings. The third kappa shape index (κ3) is 4.18. The van der Waals surface area contributed by atoms with Gasteiger partial charge in [0.2, 0.25) is 0 Å². The van der Waals surface area contributed by atoms with Crippen LogP contribution in [0.15, 0.2) is 40.4 Å². The fourth-order valence-corrected chi connectivity index (χ4v) is 3.65. The highest BCUT2D eigenvalue weighted by Crippen LogP contribution is 2.34. The zero-order chi connectivity index (χ0) is 21.3. The number of amides is 2. The standard InChI is InChI=1S/C21H19BrN2O4S/c1-4-28-18-9-13(15(22)10-17(18)25)8-14-19(26)23-21(29)24(20(14)27)16-7-11(2)5-6-12(16)3/h5-10,25H,4H2,1-3H3,(H,23,26,29)/b14-8+. The summed E-state index contributed by atoms with van der Waals surface area (Å²) in [5.41, 5.74) is 2.87. The van der Waals surface area contributed by atoms with E-state index in [0.29, 0.717) is 22.3 Å². The van der Waals surface area contributed by atoms with Crippen molar-refractivity contribution in [2.75, 3.05) is 11.5 Å². The van der Waals surface area contributed by atoms with E-state index in [-0.39, 0.29) is 22.2 Å². The number of halogens is 1. The van der Waals surface area contributed by atoms with Crippen molar-refractivity contribution in [3.63, 3.8) is 0 Å². The summed E-state index contributed by atoms with van der Waals surface area (Å²) in [5, 5.41) is 12.6. The normalized spacial score (nSPS) is 15.7. The minimum Gasteiger partial charge on any atom is -0.504 e. The van der Waals surface area contributed by atoms with Gasteiger partial charge in [0.25, 0.3) is 11.8 Å². The van der Waals surface area contributed by atoms with E-state index >= 15 is 0 Å². The highest BCUT2D eigenvalue weighted by molar-refractivity contribution is 9.10. The van der Waals surface area contributed by atoms with Gasteiger partial charge in [-0.1, -0.05) is 28.1 Å². The van der Waals surface area contributed by atoms with Crippen LogP contribution in [-0.4, -0.2) is 28.6 Å². The van der Waals surface area contributed by atoms with Crippen molar-refractivity contribution in [1.82, 2.24) is 5.32 Å². The van der Waals surface area contributed by atoms with Gasteiger partial charge >= 0.3 is 0 Å². The Morgan fingerprint density at radius 3 is 2.66 bits per heavy atom. The van der Waals surface area contributed by atoms with Crippen LogP contribution in [-0.2, 0) is 9.59 Å². The molecule has 3 rings (SSSR count). The lowest BCUT2D eigenvalue weighted by Crippen LogP contribution is -2.54. The van der Waals surface area contributed by atoms with Gasteiger partial charge in [0.1, 0.15) is 5.57 Å². The lowest BCUT2D eigenvalue weighted by molar-refractivity contribution is -0.122. The van der Waals surface area contributed by atoms with Gasteiger partial charge in [-0.2, -0.15) is 0 Å². The predicted octanol–water partition coefficient (Wildman–Crippen LogP) is 4.00. The molecule has 0 atom stereocenters. The van der Waals surface area contributed by atoms with E-state index in [0.717, 1.165) is 11.1 Å². The van der Waals surface area contributed by atoms with Crippen molar-refractivity contribution in [3.8, 4) is 11.5 Å². The summed E-state index contributed by atoms with van der Waals surface area (Å²) in [5.74, 6) is -0.892. The molecule has 1 saturated heterocycles. The van der Waals surface area contributed by atoms with Crippen LogP contribution in [0.1, 0.15) is 23.6 Å². The molecule has 150 valence electrons. The number of phenolic OH excluding ortho intramolecular Hbond substituents is 1. The second kappa shape index (κ2) is 8.34. The third-order valence-corrected chi connectivity index (χ3v) is 5.36. The molecule has 2 amide bonds. The Morgan fingerprint density at radius 1 is 1.24 bits per heavy atom. The number of ether oxygens (including phenoxy) is 1. The molecule has 6 nitrogen and oxygen atoms in total. The summed E-state index contributed by atoms with van der Waals surface area (Å²) in [6.07, 6.45) is 1.45. The quantitative estimate of drug-likeness (QED) is 0.397. The fraction of sp³-hybridized carbons (Fsp3) is 0.190. The summed E-state index contributed by atoms with van der Waals surface area (Å²) < 4.78 is 5.91. The first-order valence-electron chi connectivity index (χ1n) is 8.87. The maximum Gasteiger partial charge on any atom is 0.270 e. The molecule has 1 heterocycles. The van der Waals surface area contributed by atoms with Crippen molar-refractivity contribution in [2.45, 2.75) is 20.8 Å². The van der Waals surface area contributed by atoms with E-state index < -0.39 is 11.8 Å². The van der Waals surface area contributed by atoms with Gasteiger partial charge < -0.3 is 9.84 Å². The molecule has 1 aliphatic heterocycles. The number of hydrogen-bond acceptors (Lipinski definition) is 5. The molecule has 2 aromatic carbocycles. The van der Waals surface area contributed by atoms with E-state index in [1.807, 2.05) is 32.0 Å². The van der Waals surface area contributed by atoms with Crippen molar-refractivity contribution >= 4 is 56.8 Å². The maximum absolute atomic E-state index is 13.2. The van der Waals surface area contributed by atoms with Gasteiger partial charge in [-0.25, -0.2) is 0 Å². The Bertz CT molecular complexity index is 1060. The first-order chi connectivity index (χ1) is 13.7. The number of benzene rings is 2. The molecule has 1 aliphatic rings. The van der Waals surface area contributed by atoms with Crippen molar-refractivity contribution in [2.24, 2.45) is 0 Å². The first kappa shape index (κ1) is 21.0. The molecule has 0 unspecified atom stereocenters. The number of carbonyl (C=O) groups is 2. The summed E-state index contributed by atoms with van der Waals surface area (Å²) in [6, 6.07) is 8.69. The van der Waals surface area contributed by atoms with Gasteiger partial charge in [0.15, 0.2) is 16.6 Å². The Kier molecular flexibility index (Phi) is 6.04. The molecule has 0 spiro atoms. The van der Waals surface area contributed by atoms with E-state index in [4.69, 9.17) is 17.0 Å². The van der Waals surface area contributed by atoms with Crippen LogP contribution in [0.4, 0.5) is 5.69 Å². The predicted molar refractivity (Wildman–Crippen MR) is 119 cm³/mol. The number of aromatic hydroxyl groups is 1. The number of hydrogen-bond donors (Lipinski definition) is 2. The van der Waals surface area contributed by atoms with E-state index in [9.17, 15) is 14.7 Å². The molecule has 0 radical (unpaired) electrons. The molecule has 29 heavy (non-hydrogen) atoms. The minimum atomic E-state index is -0.584. The first-order valence-corrected chi connectivity index (χ1v) is 10.1. The zero-order valence-electron chi connectivity index (χ0n) is 16.1. The van der Waals surface area contributed by atoms with Crippen LogP contribution in [0.5, 0.6) is 11.5 Å². The topological polar surface area (TPSA) is 78.9 Å². The number of aryl methyl sites for hydroxylation is 2. The Balaban J connectivity index is 2.09. The number of nitrogens with one attached hydrogen (secondary N) is 1. The van der Waals surface area contributed by atoms with Crippen LogP contribution in [0.25, 0.3) is 6.08 Å². The number of nitrogens with zero attached hydrogens (tertiary/aromatic N) is 1. The average Bonchev–Trinajstić information content (AvgIpc) is 2.64. The van der Waals surface area contributed by atoms with Crippen molar-refractivity contribution in [3.05, 3.63) is 57.1 Å². The molecule has 1 fully saturated rings. The second-order valence-electron chi connectivity index (χ2n) is 6.52. The molecule has 0 aliphatic carbocycles. The van der Waals surface area contributed by atoms with Gasteiger partial charge in [-0.05, 0) is 74.0 Å². The average molecular weight is 475 g/mol. The van der Waals surface area contributed by atoms with Crippen LogP contribution >= 0.6 is 28.1 Å². The fourth-order valence-electron chi connectivity index (χ4n) is 2.93. The minimum absolute atomic E-state index is 0.0330. The molecule has 0 aromatic heterocycles. The number of anilines is 1. The SMILES string of the molecule is CCOc1cc(/C=C2\C(=O)NC(=S)N(c3cc(C)ccc3C)C2=O)c(Br)cc1O.